The number of rotatable bonds is 2. The lowest BCUT2D eigenvalue weighted by molar-refractivity contribution is 0.0995. The van der Waals surface area contributed by atoms with Crippen LogP contribution in [0.25, 0.3) is 10.2 Å². The van der Waals surface area contributed by atoms with E-state index in [1.807, 2.05) is 13.0 Å². The Morgan fingerprint density at radius 2 is 1.88 bits per heavy atom. The maximum absolute atomic E-state index is 12.6. The molecule has 3 rings (SSSR count). The monoisotopic (exact) mass is 394 g/mol. The molecule has 0 aliphatic heterocycles. The van der Waals surface area contributed by atoms with Crippen LogP contribution < -0.4 is 4.80 Å². The number of carbonyl (C=O) groups excluding carboxylic acids is 1. The van der Waals surface area contributed by atoms with Gasteiger partial charge in [-0.05, 0) is 30.7 Å². The lowest BCUT2D eigenvalue weighted by atomic mass is 10.2. The molecule has 0 radical (unpaired) electrons. The molecule has 25 heavy (non-hydrogen) atoms. The molecule has 130 valence electrons. The molecule has 1 heterocycles. The highest BCUT2D eigenvalue weighted by atomic mass is 35.5. The maximum Gasteiger partial charge on any atom is 0.280 e. The first-order valence-electron chi connectivity index (χ1n) is 7.33. The topological polar surface area (TPSA) is 68.5 Å². The molecule has 0 fully saturated rings. The summed E-state index contributed by atoms with van der Waals surface area (Å²) in [5, 5.41) is 0.589. The van der Waals surface area contributed by atoms with Crippen molar-refractivity contribution in [3.63, 3.8) is 0 Å². The van der Waals surface area contributed by atoms with Gasteiger partial charge in [0.15, 0.2) is 14.6 Å². The summed E-state index contributed by atoms with van der Waals surface area (Å²) in [7, 11) is -1.72. The van der Waals surface area contributed by atoms with E-state index in [0.29, 0.717) is 9.82 Å². The van der Waals surface area contributed by atoms with Crippen LogP contribution in [0.2, 0.25) is 5.02 Å². The van der Waals surface area contributed by atoms with Crippen molar-refractivity contribution in [3.8, 4) is 0 Å². The standard InChI is InChI=1S/C17H15ClN2O3S2/c1-10-8-9-12(18)15-14(10)20(2)17(24-15)19-16(21)11-6-4-5-7-13(11)25(3,22)23/h4-9H,1-3H3. The summed E-state index contributed by atoms with van der Waals surface area (Å²) < 4.78 is 26.4. The van der Waals surface area contributed by atoms with Gasteiger partial charge < -0.3 is 4.57 Å². The van der Waals surface area contributed by atoms with Crippen LogP contribution in [0.5, 0.6) is 0 Å². The number of hydrogen-bond donors (Lipinski definition) is 0. The molecule has 0 aliphatic carbocycles. The molecule has 5 nitrogen and oxygen atoms in total. The van der Waals surface area contributed by atoms with Crippen molar-refractivity contribution in [3.05, 3.63) is 57.3 Å². The van der Waals surface area contributed by atoms with Crippen LogP contribution in [0.3, 0.4) is 0 Å². The minimum atomic E-state index is -3.52. The van der Waals surface area contributed by atoms with Gasteiger partial charge in [-0.25, -0.2) is 8.42 Å². The largest absolute Gasteiger partial charge is 0.319 e. The Morgan fingerprint density at radius 3 is 2.52 bits per heavy atom. The summed E-state index contributed by atoms with van der Waals surface area (Å²) in [5.41, 5.74) is 1.98. The van der Waals surface area contributed by atoms with Crippen molar-refractivity contribution in [1.29, 1.82) is 0 Å². The molecule has 0 bridgehead atoms. The second-order valence-corrected chi connectivity index (χ2v) is 9.04. The second kappa shape index (κ2) is 6.40. The molecule has 0 saturated heterocycles. The lowest BCUT2D eigenvalue weighted by Gasteiger charge is -2.03. The number of nitrogens with zero attached hydrogens (tertiary/aromatic N) is 2. The summed E-state index contributed by atoms with van der Waals surface area (Å²) >= 11 is 7.54. The van der Waals surface area contributed by atoms with Gasteiger partial charge >= 0.3 is 0 Å². The Balaban J connectivity index is 2.23. The van der Waals surface area contributed by atoms with Crippen molar-refractivity contribution in [2.75, 3.05) is 6.26 Å². The highest BCUT2D eigenvalue weighted by Gasteiger charge is 2.18. The first-order valence-corrected chi connectivity index (χ1v) is 10.4. The third-order valence-electron chi connectivity index (χ3n) is 3.81. The van der Waals surface area contributed by atoms with Gasteiger partial charge in [-0.1, -0.05) is 41.1 Å². The second-order valence-electron chi connectivity index (χ2n) is 5.67. The zero-order valence-electron chi connectivity index (χ0n) is 13.8. The van der Waals surface area contributed by atoms with Gasteiger partial charge in [0.1, 0.15) is 0 Å². The molecular formula is C17H15ClN2O3S2. The summed E-state index contributed by atoms with van der Waals surface area (Å²) in [6, 6.07) is 9.78. The molecule has 0 aliphatic rings. The van der Waals surface area contributed by atoms with E-state index in [1.165, 1.54) is 23.5 Å². The minimum Gasteiger partial charge on any atom is -0.319 e. The summed E-state index contributed by atoms with van der Waals surface area (Å²) in [5.74, 6) is -0.600. The van der Waals surface area contributed by atoms with Crippen molar-refractivity contribution in [1.82, 2.24) is 4.57 Å². The average Bonchev–Trinajstić information content (AvgIpc) is 2.88. The van der Waals surface area contributed by atoms with Crippen molar-refractivity contribution in [2.45, 2.75) is 11.8 Å². The highest BCUT2D eigenvalue weighted by molar-refractivity contribution is 7.90. The number of halogens is 1. The molecule has 3 aromatic rings. The van der Waals surface area contributed by atoms with Gasteiger partial charge in [-0.3, -0.25) is 4.79 Å². The first kappa shape index (κ1) is 17.8. The number of carbonyl (C=O) groups is 1. The SMILES string of the molecule is Cc1ccc(Cl)c2sc(=NC(=O)c3ccccc3S(C)(=O)=O)n(C)c12. The number of benzene rings is 2. The van der Waals surface area contributed by atoms with E-state index in [1.54, 1.807) is 29.8 Å². The number of fused-ring (bicyclic) bond motifs is 1. The smallest absolute Gasteiger partial charge is 0.280 e. The van der Waals surface area contributed by atoms with Crippen LogP contribution in [0.1, 0.15) is 15.9 Å². The van der Waals surface area contributed by atoms with Crippen molar-refractivity contribution < 1.29 is 13.2 Å². The third kappa shape index (κ3) is 3.27. The summed E-state index contributed by atoms with van der Waals surface area (Å²) in [6.07, 6.45) is 1.07. The van der Waals surface area contributed by atoms with E-state index < -0.39 is 15.7 Å². The highest BCUT2D eigenvalue weighted by Crippen LogP contribution is 2.28. The number of aryl methyl sites for hydroxylation is 2. The van der Waals surface area contributed by atoms with Crippen molar-refractivity contribution >= 4 is 48.9 Å². The zero-order chi connectivity index (χ0) is 18.4. The summed E-state index contributed by atoms with van der Waals surface area (Å²) in [4.78, 5) is 17.2. The van der Waals surface area contributed by atoms with Crippen LogP contribution in [-0.4, -0.2) is 25.1 Å². The fraction of sp³-hybridized carbons (Fsp3) is 0.176. The molecule has 1 aromatic heterocycles. The fourth-order valence-electron chi connectivity index (χ4n) is 2.63. The quantitative estimate of drug-likeness (QED) is 0.669. The molecular weight excluding hydrogens is 380 g/mol. The Bertz CT molecular complexity index is 1170. The van der Waals surface area contributed by atoms with Gasteiger partial charge in [0, 0.05) is 13.3 Å². The van der Waals surface area contributed by atoms with Crippen LogP contribution in [0.4, 0.5) is 0 Å². The fourth-order valence-corrected chi connectivity index (χ4v) is 4.87. The predicted molar refractivity (Wildman–Crippen MR) is 100.0 cm³/mol. The van der Waals surface area contributed by atoms with E-state index in [2.05, 4.69) is 4.99 Å². The van der Waals surface area contributed by atoms with Crippen molar-refractivity contribution in [2.24, 2.45) is 12.0 Å². The maximum atomic E-state index is 12.6. The molecule has 8 heteroatoms. The van der Waals surface area contributed by atoms with E-state index in [9.17, 15) is 13.2 Å². The number of thiazole rings is 1. The normalized spacial score (nSPS) is 12.7. The zero-order valence-corrected chi connectivity index (χ0v) is 16.2. The van der Waals surface area contributed by atoms with Crippen LogP contribution in [0, 0.1) is 6.92 Å². The number of sulfone groups is 1. The molecule has 0 unspecified atom stereocenters. The van der Waals surface area contributed by atoms with E-state index in [0.717, 1.165) is 22.0 Å². The lowest BCUT2D eigenvalue weighted by Crippen LogP contribution is -2.15. The van der Waals surface area contributed by atoms with E-state index in [4.69, 9.17) is 11.6 Å². The first-order chi connectivity index (χ1) is 11.7. The van der Waals surface area contributed by atoms with Gasteiger partial charge in [0.25, 0.3) is 5.91 Å². The van der Waals surface area contributed by atoms with Gasteiger partial charge in [-0.15, -0.1) is 0 Å². The molecule has 2 aromatic carbocycles. The van der Waals surface area contributed by atoms with Gasteiger partial charge in [0.2, 0.25) is 0 Å². The number of aromatic nitrogens is 1. The summed E-state index contributed by atoms with van der Waals surface area (Å²) in [6.45, 7) is 1.95. The number of amides is 1. The Hall–Kier alpha value is -1.96. The third-order valence-corrected chi connectivity index (χ3v) is 6.56. The Kier molecular flexibility index (Phi) is 4.57. The Morgan fingerprint density at radius 1 is 1.20 bits per heavy atom. The minimum absolute atomic E-state index is 0.0262. The van der Waals surface area contributed by atoms with E-state index in [-0.39, 0.29) is 10.5 Å². The molecule has 1 amide bonds. The van der Waals surface area contributed by atoms with Crippen LogP contribution >= 0.6 is 22.9 Å². The van der Waals surface area contributed by atoms with Crippen LogP contribution in [0.15, 0.2) is 46.3 Å². The molecule has 0 atom stereocenters. The van der Waals surface area contributed by atoms with Crippen LogP contribution in [-0.2, 0) is 16.9 Å². The van der Waals surface area contributed by atoms with E-state index >= 15 is 0 Å². The van der Waals surface area contributed by atoms with Gasteiger partial charge in [-0.2, -0.15) is 4.99 Å². The number of hydrogen-bond acceptors (Lipinski definition) is 4. The van der Waals surface area contributed by atoms with Gasteiger partial charge in [0.05, 0.1) is 25.7 Å². The molecule has 0 spiro atoms. The Labute approximate surface area is 154 Å². The molecule has 0 N–H and O–H groups in total. The average molecular weight is 395 g/mol. The molecule has 0 saturated carbocycles. The predicted octanol–water partition coefficient (Wildman–Crippen LogP) is 3.35.